The molecule has 0 radical (unpaired) electrons. The molecule has 15 heteroatoms. The lowest BCUT2D eigenvalue weighted by atomic mass is 10.0. The van der Waals surface area contributed by atoms with Crippen LogP contribution in [-0.2, 0) is 6.18 Å². The van der Waals surface area contributed by atoms with Gasteiger partial charge in [-0.2, -0.15) is 34.2 Å². The summed E-state index contributed by atoms with van der Waals surface area (Å²) in [5.74, 6) is -3.79. The lowest BCUT2D eigenvalue weighted by Gasteiger charge is -2.18. The molecule has 14 aromatic rings. The van der Waals surface area contributed by atoms with Crippen molar-refractivity contribution in [1.82, 2.24) is 18.3 Å². The molecule has 0 unspecified atom stereocenters. The molecule has 0 aliphatic heterocycles. The molecule has 0 atom stereocenters. The molecular formula is C65H29F7N8. The Morgan fingerprint density at radius 3 is 1.19 bits per heavy atom. The summed E-state index contributed by atoms with van der Waals surface area (Å²) in [4.78, 5) is 0. The highest BCUT2D eigenvalue weighted by molar-refractivity contribution is 6.21. The van der Waals surface area contributed by atoms with E-state index in [4.69, 9.17) is 0 Å². The monoisotopic (exact) mass is 1050 g/mol. The van der Waals surface area contributed by atoms with Gasteiger partial charge in [0.25, 0.3) is 0 Å². The van der Waals surface area contributed by atoms with Crippen LogP contribution in [0.15, 0.2) is 176 Å². The van der Waals surface area contributed by atoms with Crippen molar-refractivity contribution in [3.8, 4) is 58.2 Å². The predicted molar refractivity (Wildman–Crippen MR) is 293 cm³/mol. The summed E-state index contributed by atoms with van der Waals surface area (Å²) < 4.78 is 118. The number of alkyl halides is 3. The summed E-state index contributed by atoms with van der Waals surface area (Å²) in [6.45, 7) is 0. The summed E-state index contributed by atoms with van der Waals surface area (Å²) in [5, 5.41) is 45.2. The Kier molecular flexibility index (Phi) is 10.2. The summed E-state index contributed by atoms with van der Waals surface area (Å²) in [5.41, 5.74) is 0.751. The van der Waals surface area contributed by atoms with Crippen LogP contribution >= 0.6 is 0 Å². The molecule has 14 rings (SSSR count). The number of rotatable bonds is 5. The number of hydrogen-bond donors (Lipinski definition) is 0. The van der Waals surface area contributed by atoms with Gasteiger partial charge in [-0.05, 0) is 114 Å². The summed E-state index contributed by atoms with van der Waals surface area (Å²) >= 11 is 0. The fourth-order valence-electron chi connectivity index (χ4n) is 11.9. The van der Waals surface area contributed by atoms with Crippen LogP contribution in [0.2, 0.25) is 0 Å². The van der Waals surface area contributed by atoms with Crippen molar-refractivity contribution >= 4 is 87.2 Å². The zero-order valence-corrected chi connectivity index (χ0v) is 41.0. The molecule has 0 aliphatic carbocycles. The maximum Gasteiger partial charge on any atom is 0.418 e. The van der Waals surface area contributed by atoms with Gasteiger partial charge < -0.3 is 18.3 Å². The van der Waals surface area contributed by atoms with E-state index in [0.717, 1.165) is 29.0 Å². The van der Waals surface area contributed by atoms with Gasteiger partial charge in [0, 0.05) is 43.1 Å². The van der Waals surface area contributed by atoms with Crippen molar-refractivity contribution in [2.45, 2.75) is 6.18 Å². The number of nitrogens with zero attached hydrogens (tertiary/aromatic N) is 8. The Balaban J connectivity index is 1.01. The molecule has 0 N–H and O–H groups in total. The van der Waals surface area contributed by atoms with Gasteiger partial charge in [0.2, 0.25) is 0 Å². The van der Waals surface area contributed by atoms with E-state index in [-0.39, 0.29) is 50.0 Å². The van der Waals surface area contributed by atoms with E-state index in [1.54, 1.807) is 84.9 Å². The standard InChI is InChI=1S/C65H29F7N8/c66-49-14-8-15-50(67)63(49)80-56-20-19-35(23-43(56)47-27-46-41-12-2-5-17-54(41)78(58(46)29-60(47)80)62-39(33-76)21-34(30-73)22-48(62)65(70,71)72)38-24-51(68)64(52(69)25-38)79-55-18-6-3-13-42(55)45-26-44-40-11-1-4-16-53(40)77(57(44)28-59(45)79)61-36(31-74)9-7-10-37(61)32-75/h1-29H. The number of nitriles is 4. The summed E-state index contributed by atoms with van der Waals surface area (Å²) in [6, 6.07) is 53.4. The SMILES string of the molecule is N#Cc1cc(C#N)c(-n2c3ccccc3c3cc4c5cc(-c6cc(F)c(-n7c8ccccc8c8cc9c%10ccccc%10n(-c%10c(C#N)cccc%10C#N)c9cc87)c(F)c6)ccc5n(-c5c(F)cccc5F)c4cc32)c(C(F)(F)F)c1. The molecule has 4 heterocycles. The molecule has 8 nitrogen and oxygen atoms in total. The highest BCUT2D eigenvalue weighted by Crippen LogP contribution is 2.46. The zero-order chi connectivity index (χ0) is 55.0. The lowest BCUT2D eigenvalue weighted by molar-refractivity contribution is -0.137. The maximum absolute atomic E-state index is 17.4. The van der Waals surface area contributed by atoms with Crippen LogP contribution in [0.1, 0.15) is 27.8 Å². The van der Waals surface area contributed by atoms with E-state index < -0.39 is 51.9 Å². The molecule has 10 aromatic carbocycles. The van der Waals surface area contributed by atoms with E-state index in [9.17, 15) is 21.0 Å². The largest absolute Gasteiger partial charge is 0.418 e. The average molecular weight is 1050 g/mol. The van der Waals surface area contributed by atoms with Gasteiger partial charge in [0.15, 0.2) is 11.6 Å². The van der Waals surface area contributed by atoms with Crippen molar-refractivity contribution in [1.29, 1.82) is 21.0 Å². The number of para-hydroxylation sites is 5. The predicted octanol–water partition coefficient (Wildman–Crippen LogP) is 16.8. The first-order valence-corrected chi connectivity index (χ1v) is 24.7. The number of halogens is 7. The van der Waals surface area contributed by atoms with Crippen molar-refractivity contribution < 1.29 is 30.7 Å². The molecule has 0 spiro atoms. The average Bonchev–Trinajstić information content (AvgIpc) is 4.19. The third-order valence-corrected chi connectivity index (χ3v) is 15.1. The Bertz CT molecular complexity index is 5220. The van der Waals surface area contributed by atoms with Crippen LogP contribution in [0, 0.1) is 68.6 Å². The first-order valence-electron chi connectivity index (χ1n) is 24.7. The van der Waals surface area contributed by atoms with Crippen molar-refractivity contribution in [2.75, 3.05) is 0 Å². The molecule has 0 amide bonds. The number of hydrogen-bond acceptors (Lipinski definition) is 4. The van der Waals surface area contributed by atoms with Crippen LogP contribution < -0.4 is 0 Å². The second-order valence-electron chi connectivity index (χ2n) is 19.3. The molecule has 378 valence electrons. The van der Waals surface area contributed by atoms with Gasteiger partial charge in [0.1, 0.15) is 41.2 Å². The Labute approximate surface area is 446 Å². The zero-order valence-electron chi connectivity index (χ0n) is 41.0. The highest BCUT2D eigenvalue weighted by Gasteiger charge is 2.37. The van der Waals surface area contributed by atoms with Crippen LogP contribution in [0.3, 0.4) is 0 Å². The minimum absolute atomic E-state index is 0.103. The van der Waals surface area contributed by atoms with Crippen LogP contribution in [0.4, 0.5) is 30.7 Å². The molecule has 4 aromatic heterocycles. The Morgan fingerprint density at radius 1 is 0.300 bits per heavy atom. The highest BCUT2D eigenvalue weighted by atomic mass is 19.4. The van der Waals surface area contributed by atoms with Gasteiger partial charge in [-0.3, -0.25) is 0 Å². The second-order valence-corrected chi connectivity index (χ2v) is 19.3. The molecule has 0 bridgehead atoms. The number of fused-ring (bicyclic) bond motifs is 12. The fraction of sp³-hybridized carbons (Fsp3) is 0.0154. The maximum atomic E-state index is 17.4. The van der Waals surface area contributed by atoms with Gasteiger partial charge in [-0.25, -0.2) is 17.6 Å². The van der Waals surface area contributed by atoms with E-state index in [2.05, 4.69) is 12.1 Å². The van der Waals surface area contributed by atoms with Crippen LogP contribution in [0.5, 0.6) is 0 Å². The third-order valence-electron chi connectivity index (χ3n) is 15.1. The van der Waals surface area contributed by atoms with Crippen LogP contribution in [-0.4, -0.2) is 18.3 Å². The Hall–Kier alpha value is -11.1. The third kappa shape index (κ3) is 6.65. The van der Waals surface area contributed by atoms with Gasteiger partial charge in [0.05, 0.1) is 89.4 Å². The number of benzene rings is 10. The van der Waals surface area contributed by atoms with Crippen molar-refractivity contribution in [3.63, 3.8) is 0 Å². The Morgan fingerprint density at radius 2 is 0.713 bits per heavy atom. The molecule has 0 aliphatic rings. The van der Waals surface area contributed by atoms with Gasteiger partial charge in [-0.1, -0.05) is 72.8 Å². The second kappa shape index (κ2) is 17.2. The first kappa shape index (κ1) is 47.3. The quantitative estimate of drug-likeness (QED) is 0.160. The molecule has 0 saturated heterocycles. The van der Waals surface area contributed by atoms with E-state index in [0.29, 0.717) is 71.7 Å². The topological polar surface area (TPSA) is 115 Å². The smallest absolute Gasteiger partial charge is 0.307 e. The molecule has 0 fully saturated rings. The number of aromatic nitrogens is 4. The van der Waals surface area contributed by atoms with Gasteiger partial charge >= 0.3 is 6.18 Å². The minimum Gasteiger partial charge on any atom is -0.307 e. The van der Waals surface area contributed by atoms with Crippen molar-refractivity contribution in [3.05, 3.63) is 227 Å². The van der Waals surface area contributed by atoms with E-state index in [1.807, 2.05) is 59.2 Å². The first-order chi connectivity index (χ1) is 38.8. The normalized spacial score (nSPS) is 11.9. The molecule has 80 heavy (non-hydrogen) atoms. The van der Waals surface area contributed by atoms with Crippen molar-refractivity contribution in [2.24, 2.45) is 0 Å². The molecule has 0 saturated carbocycles. The summed E-state index contributed by atoms with van der Waals surface area (Å²) in [6.07, 6.45) is -5.04. The van der Waals surface area contributed by atoms with Gasteiger partial charge in [-0.15, -0.1) is 0 Å². The lowest BCUT2D eigenvalue weighted by Crippen LogP contribution is -2.13. The molecular weight excluding hydrogens is 1030 g/mol. The van der Waals surface area contributed by atoms with Crippen LogP contribution in [0.25, 0.3) is 121 Å². The minimum atomic E-state index is -5.04. The van der Waals surface area contributed by atoms with E-state index >= 15 is 30.7 Å². The fourth-order valence-corrected chi connectivity index (χ4v) is 11.9. The summed E-state index contributed by atoms with van der Waals surface area (Å²) in [7, 11) is 0. The van der Waals surface area contributed by atoms with E-state index in [1.165, 1.54) is 38.0 Å².